The van der Waals surface area contributed by atoms with E-state index >= 15 is 0 Å². The number of allylic oxidation sites excluding steroid dienone is 1. The van der Waals surface area contributed by atoms with Gasteiger partial charge in [0.2, 0.25) is 0 Å². The van der Waals surface area contributed by atoms with Crippen LogP contribution in [0.15, 0.2) is 24.4 Å². The molecule has 1 heterocycles. The largest absolute Gasteiger partial charge is 0.362 e. The molecule has 13 heavy (non-hydrogen) atoms. The molecule has 0 saturated heterocycles. The monoisotopic (exact) mass is 178 g/mol. The molecule has 0 aliphatic heterocycles. The summed E-state index contributed by atoms with van der Waals surface area (Å²) in [5, 5.41) is 0. The van der Waals surface area contributed by atoms with E-state index in [4.69, 9.17) is 5.73 Å². The molecule has 0 bridgehead atoms. The zero-order valence-corrected chi connectivity index (χ0v) is 8.38. The summed E-state index contributed by atoms with van der Waals surface area (Å²) in [5.74, 6) is 0. The van der Waals surface area contributed by atoms with Crippen LogP contribution in [0.3, 0.4) is 0 Å². The molecule has 0 aromatic carbocycles. The predicted octanol–water partition coefficient (Wildman–Crippen LogP) is 2.55. The molecule has 0 unspecified atom stereocenters. The Bertz CT molecular complexity index is 252. The maximum Gasteiger partial charge on any atom is 0.0377 e. The van der Waals surface area contributed by atoms with Crippen molar-refractivity contribution in [1.82, 2.24) is 4.98 Å². The van der Waals surface area contributed by atoms with E-state index in [0.29, 0.717) is 0 Å². The van der Waals surface area contributed by atoms with Crippen LogP contribution < -0.4 is 5.73 Å². The Balaban J connectivity index is 2.27. The van der Waals surface area contributed by atoms with Gasteiger partial charge in [0.1, 0.15) is 0 Å². The van der Waals surface area contributed by atoms with E-state index < -0.39 is 0 Å². The van der Waals surface area contributed by atoms with Crippen molar-refractivity contribution >= 4 is 6.08 Å². The Morgan fingerprint density at radius 3 is 2.85 bits per heavy atom. The van der Waals surface area contributed by atoms with Gasteiger partial charge in [0.15, 0.2) is 0 Å². The van der Waals surface area contributed by atoms with E-state index in [9.17, 15) is 0 Å². The Labute approximate surface area is 79.8 Å². The molecule has 3 N–H and O–H groups in total. The first-order chi connectivity index (χ1) is 6.08. The lowest BCUT2D eigenvalue weighted by Crippen LogP contribution is -2.31. The number of hydrogen-bond donors (Lipinski definition) is 2. The second-order valence-corrected chi connectivity index (χ2v) is 4.06. The van der Waals surface area contributed by atoms with Crippen molar-refractivity contribution < 1.29 is 0 Å². The van der Waals surface area contributed by atoms with Gasteiger partial charge in [-0.15, -0.1) is 0 Å². The first-order valence-electron chi connectivity index (χ1n) is 4.67. The fourth-order valence-electron chi connectivity index (χ4n) is 1.11. The molecule has 2 heteroatoms. The molecule has 0 spiro atoms. The first-order valence-corrected chi connectivity index (χ1v) is 4.67. The summed E-state index contributed by atoms with van der Waals surface area (Å²) < 4.78 is 0. The van der Waals surface area contributed by atoms with Crippen LogP contribution in [0.1, 0.15) is 32.4 Å². The zero-order valence-electron chi connectivity index (χ0n) is 8.38. The maximum atomic E-state index is 5.85. The van der Waals surface area contributed by atoms with E-state index in [-0.39, 0.29) is 5.54 Å². The number of rotatable bonds is 4. The minimum atomic E-state index is -0.0555. The minimum absolute atomic E-state index is 0.0555. The smallest absolute Gasteiger partial charge is 0.0377 e. The van der Waals surface area contributed by atoms with Crippen LogP contribution in [-0.4, -0.2) is 10.5 Å². The lowest BCUT2D eigenvalue weighted by molar-refractivity contribution is 0.482. The lowest BCUT2D eigenvalue weighted by atomic mass is 10.00. The van der Waals surface area contributed by atoms with Crippen LogP contribution in [0.4, 0.5) is 0 Å². The van der Waals surface area contributed by atoms with E-state index in [1.807, 2.05) is 18.3 Å². The Kier molecular flexibility index (Phi) is 3.32. The number of hydrogen-bond acceptors (Lipinski definition) is 1. The van der Waals surface area contributed by atoms with Gasteiger partial charge in [-0.3, -0.25) is 0 Å². The number of H-pyrrole nitrogens is 1. The van der Waals surface area contributed by atoms with Crippen molar-refractivity contribution in [2.24, 2.45) is 5.73 Å². The molecule has 0 atom stereocenters. The fraction of sp³-hybridized carbons (Fsp3) is 0.455. The molecule has 0 fully saturated rings. The van der Waals surface area contributed by atoms with Gasteiger partial charge in [-0.05, 0) is 44.9 Å². The molecule has 72 valence electrons. The van der Waals surface area contributed by atoms with E-state index in [1.54, 1.807) is 0 Å². The van der Waals surface area contributed by atoms with Gasteiger partial charge >= 0.3 is 0 Å². The summed E-state index contributed by atoms with van der Waals surface area (Å²) in [6.07, 6.45) is 8.21. The van der Waals surface area contributed by atoms with Crippen molar-refractivity contribution in [3.63, 3.8) is 0 Å². The first kappa shape index (κ1) is 10.1. The van der Waals surface area contributed by atoms with E-state index in [1.165, 1.54) is 0 Å². The normalized spacial score (nSPS) is 12.5. The van der Waals surface area contributed by atoms with Crippen LogP contribution in [0.2, 0.25) is 0 Å². The molecular formula is C11H18N2. The molecule has 0 aliphatic carbocycles. The van der Waals surface area contributed by atoms with Crippen LogP contribution in [0.5, 0.6) is 0 Å². The second-order valence-electron chi connectivity index (χ2n) is 4.06. The highest BCUT2D eigenvalue weighted by molar-refractivity contribution is 5.44. The lowest BCUT2D eigenvalue weighted by Gasteiger charge is -2.16. The quantitative estimate of drug-likeness (QED) is 0.731. The van der Waals surface area contributed by atoms with Crippen LogP contribution in [0.25, 0.3) is 6.08 Å². The van der Waals surface area contributed by atoms with Gasteiger partial charge in [-0.1, -0.05) is 6.08 Å². The Morgan fingerprint density at radius 2 is 2.31 bits per heavy atom. The standard InChI is InChI=1S/C11H18N2/c1-11(2,12)8-4-3-6-10-7-5-9-13-10/h3,5-7,9,13H,4,8,12H2,1-2H3/b6-3+. The SMILES string of the molecule is CC(C)(N)CC/C=C/c1ccc[nH]1. The van der Waals surface area contributed by atoms with Gasteiger partial charge in [0.25, 0.3) is 0 Å². The highest BCUT2D eigenvalue weighted by Crippen LogP contribution is 2.08. The summed E-state index contributed by atoms with van der Waals surface area (Å²) in [6.45, 7) is 4.10. The molecule has 0 amide bonds. The summed E-state index contributed by atoms with van der Waals surface area (Å²) in [7, 11) is 0. The van der Waals surface area contributed by atoms with Crippen molar-refractivity contribution in [3.8, 4) is 0 Å². The molecule has 1 rings (SSSR count). The average Bonchev–Trinajstić information content (AvgIpc) is 2.48. The van der Waals surface area contributed by atoms with E-state index in [0.717, 1.165) is 18.5 Å². The molecular weight excluding hydrogens is 160 g/mol. The number of aromatic amines is 1. The third kappa shape index (κ3) is 4.53. The third-order valence-electron chi connectivity index (χ3n) is 1.87. The van der Waals surface area contributed by atoms with Crippen molar-refractivity contribution in [1.29, 1.82) is 0 Å². The molecule has 2 nitrogen and oxygen atoms in total. The van der Waals surface area contributed by atoms with Crippen LogP contribution in [-0.2, 0) is 0 Å². The maximum absolute atomic E-state index is 5.85. The van der Waals surface area contributed by atoms with Crippen molar-refractivity contribution in [2.75, 3.05) is 0 Å². The van der Waals surface area contributed by atoms with Gasteiger partial charge in [-0.25, -0.2) is 0 Å². The molecule has 0 aliphatic rings. The molecule has 1 aromatic heterocycles. The van der Waals surface area contributed by atoms with Gasteiger partial charge in [0, 0.05) is 17.4 Å². The molecule has 0 radical (unpaired) electrons. The Hall–Kier alpha value is -1.02. The molecule has 1 aromatic rings. The summed E-state index contributed by atoms with van der Waals surface area (Å²) >= 11 is 0. The number of nitrogens with two attached hydrogens (primary N) is 1. The average molecular weight is 178 g/mol. The fourth-order valence-corrected chi connectivity index (χ4v) is 1.11. The minimum Gasteiger partial charge on any atom is -0.362 e. The molecule has 0 saturated carbocycles. The highest BCUT2D eigenvalue weighted by atomic mass is 14.7. The number of aromatic nitrogens is 1. The van der Waals surface area contributed by atoms with E-state index in [2.05, 4.69) is 31.0 Å². The zero-order chi connectivity index (χ0) is 9.73. The van der Waals surface area contributed by atoms with Crippen molar-refractivity contribution in [2.45, 2.75) is 32.2 Å². The van der Waals surface area contributed by atoms with Gasteiger partial charge in [-0.2, -0.15) is 0 Å². The summed E-state index contributed by atoms with van der Waals surface area (Å²) in [6, 6.07) is 4.04. The summed E-state index contributed by atoms with van der Waals surface area (Å²) in [5.41, 5.74) is 6.95. The third-order valence-corrected chi connectivity index (χ3v) is 1.87. The van der Waals surface area contributed by atoms with Crippen molar-refractivity contribution in [3.05, 3.63) is 30.1 Å². The van der Waals surface area contributed by atoms with Crippen LogP contribution in [0, 0.1) is 0 Å². The highest BCUT2D eigenvalue weighted by Gasteiger charge is 2.07. The Morgan fingerprint density at radius 1 is 1.54 bits per heavy atom. The van der Waals surface area contributed by atoms with Gasteiger partial charge in [0.05, 0.1) is 0 Å². The van der Waals surface area contributed by atoms with Crippen LogP contribution >= 0.6 is 0 Å². The topological polar surface area (TPSA) is 41.8 Å². The second kappa shape index (κ2) is 4.28. The van der Waals surface area contributed by atoms with Gasteiger partial charge < -0.3 is 10.7 Å². The number of nitrogens with one attached hydrogen (secondary N) is 1. The predicted molar refractivity (Wildman–Crippen MR) is 57.3 cm³/mol. The summed E-state index contributed by atoms with van der Waals surface area (Å²) in [4.78, 5) is 3.12.